The molecule has 0 radical (unpaired) electrons. The van der Waals surface area contributed by atoms with E-state index in [0.29, 0.717) is 36.9 Å². The number of ether oxygens (including phenoxy) is 1. The number of aryl methyl sites for hydroxylation is 1. The van der Waals surface area contributed by atoms with Crippen LogP contribution in [0.3, 0.4) is 0 Å². The fourth-order valence-corrected chi connectivity index (χ4v) is 5.96. The highest BCUT2D eigenvalue weighted by Gasteiger charge is 2.40. The summed E-state index contributed by atoms with van der Waals surface area (Å²) in [7, 11) is 1.34. The van der Waals surface area contributed by atoms with E-state index in [9.17, 15) is 14.4 Å². The van der Waals surface area contributed by atoms with Crippen LogP contribution in [0, 0.1) is 11.8 Å². The second-order valence-corrected chi connectivity index (χ2v) is 10.8. The average molecular weight is 520 g/mol. The maximum atomic E-state index is 13.2. The van der Waals surface area contributed by atoms with Crippen LogP contribution in [-0.2, 0) is 20.7 Å². The smallest absolute Gasteiger partial charge is 0.306 e. The molecule has 3 N–H and O–H groups in total. The highest BCUT2D eigenvalue weighted by Crippen LogP contribution is 2.35. The van der Waals surface area contributed by atoms with Gasteiger partial charge in [-0.15, -0.1) is 0 Å². The van der Waals surface area contributed by atoms with E-state index in [1.807, 2.05) is 35.2 Å². The van der Waals surface area contributed by atoms with Gasteiger partial charge in [0.2, 0.25) is 5.91 Å². The zero-order valence-corrected chi connectivity index (χ0v) is 22.4. The fourth-order valence-electron chi connectivity index (χ4n) is 5.96. The van der Waals surface area contributed by atoms with Crippen LogP contribution in [-0.4, -0.2) is 55.5 Å². The average Bonchev–Trinajstić information content (AvgIpc) is 3.25. The quantitative estimate of drug-likeness (QED) is 0.436. The van der Waals surface area contributed by atoms with E-state index < -0.39 is 5.92 Å². The van der Waals surface area contributed by atoms with Crippen molar-refractivity contribution in [1.29, 1.82) is 0 Å². The Morgan fingerprint density at radius 2 is 1.74 bits per heavy atom. The summed E-state index contributed by atoms with van der Waals surface area (Å²) in [4.78, 5) is 39.8. The van der Waals surface area contributed by atoms with Gasteiger partial charge in [-0.05, 0) is 86.6 Å². The lowest BCUT2D eigenvalue weighted by molar-refractivity contribution is -0.144. The maximum Gasteiger partial charge on any atom is 0.306 e. The SMILES string of the molecule is COC(=O)C[C@@H]1C[C@@H](CNC(=O)c2ccc(C3CCC(CN)CC3)cc2)N(CCCc2ccccc2)C1=O. The highest BCUT2D eigenvalue weighted by molar-refractivity contribution is 5.94. The Labute approximate surface area is 226 Å². The van der Waals surface area contributed by atoms with E-state index in [1.165, 1.54) is 31.1 Å². The van der Waals surface area contributed by atoms with Crippen LogP contribution in [0.5, 0.6) is 0 Å². The maximum absolute atomic E-state index is 13.2. The molecule has 2 aliphatic rings. The number of hydrogen-bond acceptors (Lipinski definition) is 5. The van der Waals surface area contributed by atoms with Crippen LogP contribution >= 0.6 is 0 Å². The summed E-state index contributed by atoms with van der Waals surface area (Å²) in [6.07, 6.45) is 6.93. The molecule has 0 aromatic heterocycles. The van der Waals surface area contributed by atoms with Crippen molar-refractivity contribution in [1.82, 2.24) is 10.2 Å². The number of benzene rings is 2. The van der Waals surface area contributed by atoms with Crippen LogP contribution in [0.4, 0.5) is 0 Å². The lowest BCUT2D eigenvalue weighted by Gasteiger charge is -2.28. The van der Waals surface area contributed by atoms with Crippen molar-refractivity contribution in [3.8, 4) is 0 Å². The third kappa shape index (κ3) is 7.22. The van der Waals surface area contributed by atoms with Crippen molar-refractivity contribution < 1.29 is 19.1 Å². The van der Waals surface area contributed by atoms with Gasteiger partial charge < -0.3 is 20.7 Å². The van der Waals surface area contributed by atoms with Gasteiger partial charge in [0.1, 0.15) is 0 Å². The van der Waals surface area contributed by atoms with Crippen molar-refractivity contribution >= 4 is 17.8 Å². The minimum atomic E-state index is -0.408. The Bertz CT molecular complexity index is 1060. The molecule has 2 aromatic rings. The molecule has 0 spiro atoms. The summed E-state index contributed by atoms with van der Waals surface area (Å²) in [5.74, 6) is 0.219. The second kappa shape index (κ2) is 13.6. The van der Waals surface area contributed by atoms with Crippen molar-refractivity contribution in [2.45, 2.75) is 63.3 Å². The Morgan fingerprint density at radius 1 is 1.03 bits per heavy atom. The predicted molar refractivity (Wildman–Crippen MR) is 148 cm³/mol. The summed E-state index contributed by atoms with van der Waals surface area (Å²) in [6, 6.07) is 18.0. The third-order valence-corrected chi connectivity index (χ3v) is 8.30. The summed E-state index contributed by atoms with van der Waals surface area (Å²) in [5, 5.41) is 3.04. The number of nitrogens with zero attached hydrogens (tertiary/aromatic N) is 1. The van der Waals surface area contributed by atoms with E-state index in [2.05, 4.69) is 29.6 Å². The fraction of sp³-hybridized carbons (Fsp3) is 0.516. The summed E-state index contributed by atoms with van der Waals surface area (Å²) < 4.78 is 4.81. The molecule has 1 aliphatic carbocycles. The Morgan fingerprint density at radius 3 is 2.39 bits per heavy atom. The molecule has 38 heavy (non-hydrogen) atoms. The molecule has 1 heterocycles. The summed E-state index contributed by atoms with van der Waals surface area (Å²) in [5.41, 5.74) is 8.96. The Kier molecular flexibility index (Phi) is 9.93. The first-order chi connectivity index (χ1) is 18.5. The predicted octanol–water partition coefficient (Wildman–Crippen LogP) is 4.06. The molecule has 204 valence electrons. The second-order valence-electron chi connectivity index (χ2n) is 10.8. The van der Waals surface area contributed by atoms with E-state index in [-0.39, 0.29) is 30.2 Å². The van der Waals surface area contributed by atoms with Gasteiger partial charge in [-0.3, -0.25) is 14.4 Å². The first kappa shape index (κ1) is 27.8. The van der Waals surface area contributed by atoms with Gasteiger partial charge in [-0.25, -0.2) is 0 Å². The number of likely N-dealkylation sites (tertiary alicyclic amines) is 1. The number of nitrogens with one attached hydrogen (secondary N) is 1. The molecule has 1 aliphatic heterocycles. The minimum Gasteiger partial charge on any atom is -0.469 e. The molecule has 0 unspecified atom stereocenters. The van der Waals surface area contributed by atoms with Crippen LogP contribution in [0.1, 0.15) is 72.3 Å². The molecular formula is C31H41N3O4. The monoisotopic (exact) mass is 519 g/mol. The van der Waals surface area contributed by atoms with Crippen LogP contribution in [0.15, 0.2) is 54.6 Å². The molecule has 1 saturated carbocycles. The van der Waals surface area contributed by atoms with Crippen molar-refractivity contribution in [2.24, 2.45) is 17.6 Å². The van der Waals surface area contributed by atoms with Crippen molar-refractivity contribution in [3.05, 3.63) is 71.3 Å². The largest absolute Gasteiger partial charge is 0.469 e. The van der Waals surface area contributed by atoms with Gasteiger partial charge in [0.15, 0.2) is 0 Å². The summed E-state index contributed by atoms with van der Waals surface area (Å²) in [6.45, 7) is 1.72. The Balaban J connectivity index is 1.33. The van der Waals surface area contributed by atoms with Crippen molar-refractivity contribution in [2.75, 3.05) is 26.7 Å². The van der Waals surface area contributed by atoms with E-state index in [1.54, 1.807) is 0 Å². The molecule has 2 aromatic carbocycles. The van der Waals surface area contributed by atoms with Crippen LogP contribution < -0.4 is 11.1 Å². The Hall–Kier alpha value is -3.19. The topological polar surface area (TPSA) is 102 Å². The zero-order valence-electron chi connectivity index (χ0n) is 22.4. The number of hydrogen-bond donors (Lipinski definition) is 2. The van der Waals surface area contributed by atoms with Gasteiger partial charge in [0.05, 0.1) is 19.4 Å². The zero-order chi connectivity index (χ0) is 26.9. The molecule has 0 bridgehead atoms. The normalized spacial score (nSPS) is 23.3. The standard InChI is InChI=1S/C31H41N3O4/c1-38-29(35)19-27-18-28(34(31(27)37)17-5-8-22-6-3-2-4-7-22)21-33-30(36)26-15-13-25(14-16-26)24-11-9-23(20-32)10-12-24/h2-4,6-7,13-16,23-24,27-28H,5,8-12,17-21,32H2,1H3,(H,33,36)/t23?,24?,27-,28-/m0/s1. The van der Waals surface area contributed by atoms with Gasteiger partial charge in [0.25, 0.3) is 5.91 Å². The molecule has 7 heteroatoms. The molecule has 7 nitrogen and oxygen atoms in total. The van der Waals surface area contributed by atoms with Gasteiger partial charge >= 0.3 is 5.97 Å². The molecule has 1 saturated heterocycles. The number of amides is 2. The van der Waals surface area contributed by atoms with E-state index in [0.717, 1.165) is 32.2 Å². The molecule has 4 rings (SSSR count). The minimum absolute atomic E-state index is 0.0311. The lowest BCUT2D eigenvalue weighted by Crippen LogP contribution is -2.42. The molecule has 2 amide bonds. The number of nitrogens with two attached hydrogens (primary N) is 1. The molecule has 2 atom stereocenters. The first-order valence-electron chi connectivity index (χ1n) is 14.0. The van der Waals surface area contributed by atoms with Gasteiger partial charge in [0, 0.05) is 24.7 Å². The number of carbonyl (C=O) groups excluding carboxylic acids is 3. The highest BCUT2D eigenvalue weighted by atomic mass is 16.5. The number of methoxy groups -OCH3 is 1. The first-order valence-corrected chi connectivity index (χ1v) is 14.0. The number of rotatable bonds is 11. The molecule has 2 fully saturated rings. The van der Waals surface area contributed by atoms with E-state index >= 15 is 0 Å². The number of carbonyl (C=O) groups is 3. The van der Waals surface area contributed by atoms with Crippen LogP contribution in [0.25, 0.3) is 0 Å². The van der Waals surface area contributed by atoms with Crippen molar-refractivity contribution in [3.63, 3.8) is 0 Å². The molecular weight excluding hydrogens is 478 g/mol. The van der Waals surface area contributed by atoms with E-state index in [4.69, 9.17) is 10.5 Å². The van der Waals surface area contributed by atoms with Gasteiger partial charge in [-0.1, -0.05) is 42.5 Å². The van der Waals surface area contributed by atoms with Crippen LogP contribution in [0.2, 0.25) is 0 Å². The summed E-state index contributed by atoms with van der Waals surface area (Å²) >= 11 is 0. The van der Waals surface area contributed by atoms with Gasteiger partial charge in [-0.2, -0.15) is 0 Å². The number of esters is 1. The lowest BCUT2D eigenvalue weighted by atomic mass is 9.78. The third-order valence-electron chi connectivity index (χ3n) is 8.30.